The minimum Gasteiger partial charge on any atom is -0.364 e. The molecule has 2 aromatic heterocycles. The first-order valence-corrected chi connectivity index (χ1v) is 11.6. The average Bonchev–Trinajstić information content (AvgIpc) is 3.27. The highest BCUT2D eigenvalue weighted by Gasteiger charge is 2.26. The molecule has 0 radical (unpaired) electrons. The van der Waals surface area contributed by atoms with Crippen LogP contribution in [0.1, 0.15) is 33.3 Å². The third-order valence-electron chi connectivity index (χ3n) is 5.25. The maximum absolute atomic E-state index is 12.1. The van der Waals surface area contributed by atoms with E-state index in [0.29, 0.717) is 19.6 Å². The molecule has 1 fully saturated rings. The Balaban J connectivity index is 1.64. The SMILES string of the molecule is CCNC(=O)N1CCN(c2nn3c(NC(C)(C)C)c(-c4ccccc4C)nc3s2)CC1. The van der Waals surface area contributed by atoms with Gasteiger partial charge in [0.25, 0.3) is 0 Å². The van der Waals surface area contributed by atoms with Crippen LogP contribution >= 0.6 is 11.3 Å². The summed E-state index contributed by atoms with van der Waals surface area (Å²) in [5, 5.41) is 12.3. The van der Waals surface area contributed by atoms with E-state index in [1.807, 2.05) is 28.5 Å². The Hall–Kier alpha value is -2.81. The number of carbonyl (C=O) groups excluding carboxylic acids is 1. The van der Waals surface area contributed by atoms with Crippen molar-refractivity contribution in [3.05, 3.63) is 29.8 Å². The summed E-state index contributed by atoms with van der Waals surface area (Å²) < 4.78 is 1.93. The number of nitrogens with one attached hydrogen (secondary N) is 2. The number of rotatable bonds is 4. The van der Waals surface area contributed by atoms with Gasteiger partial charge in [-0.1, -0.05) is 35.6 Å². The molecule has 31 heavy (non-hydrogen) atoms. The van der Waals surface area contributed by atoms with Gasteiger partial charge in [0, 0.05) is 43.8 Å². The Morgan fingerprint density at radius 1 is 1.16 bits per heavy atom. The van der Waals surface area contributed by atoms with Crippen LogP contribution in [0.15, 0.2) is 24.3 Å². The largest absolute Gasteiger partial charge is 0.364 e. The van der Waals surface area contributed by atoms with E-state index in [1.54, 1.807) is 11.3 Å². The van der Waals surface area contributed by atoms with Gasteiger partial charge in [-0.3, -0.25) is 0 Å². The summed E-state index contributed by atoms with van der Waals surface area (Å²) in [4.78, 5) is 22.0. The molecule has 1 aliphatic rings. The second-order valence-corrected chi connectivity index (χ2v) is 9.82. The van der Waals surface area contributed by atoms with Crippen LogP contribution in [0.2, 0.25) is 0 Å². The van der Waals surface area contributed by atoms with Crippen molar-refractivity contribution in [2.75, 3.05) is 42.9 Å². The maximum Gasteiger partial charge on any atom is 0.317 e. The van der Waals surface area contributed by atoms with E-state index < -0.39 is 0 Å². The maximum atomic E-state index is 12.1. The summed E-state index contributed by atoms with van der Waals surface area (Å²) in [6, 6.07) is 8.32. The van der Waals surface area contributed by atoms with Crippen LogP contribution in [0, 0.1) is 6.92 Å². The van der Waals surface area contributed by atoms with Crippen LogP contribution < -0.4 is 15.5 Å². The highest BCUT2D eigenvalue weighted by atomic mass is 32.1. The van der Waals surface area contributed by atoms with Crippen LogP contribution in [0.4, 0.5) is 15.7 Å². The van der Waals surface area contributed by atoms with Gasteiger partial charge < -0.3 is 20.4 Å². The summed E-state index contributed by atoms with van der Waals surface area (Å²) in [6.07, 6.45) is 0. The molecule has 0 aliphatic carbocycles. The molecule has 0 spiro atoms. The number of aromatic nitrogens is 3. The molecule has 0 saturated carbocycles. The molecule has 3 heterocycles. The minimum atomic E-state index is -0.130. The average molecular weight is 442 g/mol. The van der Waals surface area contributed by atoms with Crippen molar-refractivity contribution >= 4 is 33.3 Å². The summed E-state index contributed by atoms with van der Waals surface area (Å²) in [7, 11) is 0. The molecule has 1 saturated heterocycles. The van der Waals surface area contributed by atoms with Gasteiger partial charge in [-0.2, -0.15) is 4.52 Å². The van der Waals surface area contributed by atoms with Gasteiger partial charge in [0.15, 0.2) is 5.82 Å². The number of nitrogens with zero attached hydrogens (tertiary/aromatic N) is 5. The lowest BCUT2D eigenvalue weighted by molar-refractivity contribution is 0.195. The predicted molar refractivity (Wildman–Crippen MR) is 127 cm³/mol. The van der Waals surface area contributed by atoms with Crippen LogP contribution in [0.3, 0.4) is 0 Å². The summed E-state index contributed by atoms with van der Waals surface area (Å²) in [5.41, 5.74) is 3.10. The third kappa shape index (κ3) is 4.46. The summed E-state index contributed by atoms with van der Waals surface area (Å²) in [6.45, 7) is 14.0. The van der Waals surface area contributed by atoms with Crippen LogP contribution in [-0.2, 0) is 0 Å². The lowest BCUT2D eigenvalue weighted by Crippen LogP contribution is -2.51. The fourth-order valence-corrected chi connectivity index (χ4v) is 4.68. The smallest absolute Gasteiger partial charge is 0.317 e. The molecule has 4 rings (SSSR count). The van der Waals surface area contributed by atoms with Crippen molar-refractivity contribution in [3.63, 3.8) is 0 Å². The minimum absolute atomic E-state index is 0.00984. The van der Waals surface area contributed by atoms with Gasteiger partial charge in [0.2, 0.25) is 10.1 Å². The van der Waals surface area contributed by atoms with E-state index >= 15 is 0 Å². The monoisotopic (exact) mass is 441 g/mol. The van der Waals surface area contributed by atoms with Gasteiger partial charge in [-0.05, 0) is 40.2 Å². The number of hydrogen-bond acceptors (Lipinski definition) is 6. The molecule has 166 valence electrons. The Morgan fingerprint density at radius 2 is 1.87 bits per heavy atom. The molecular weight excluding hydrogens is 410 g/mol. The van der Waals surface area contributed by atoms with Crippen LogP contribution in [0.25, 0.3) is 16.2 Å². The second-order valence-electron chi connectivity index (χ2n) is 8.89. The summed E-state index contributed by atoms with van der Waals surface area (Å²) in [5.74, 6) is 0.917. The zero-order valence-electron chi connectivity index (χ0n) is 18.9. The molecule has 9 heteroatoms. The topological polar surface area (TPSA) is 77.8 Å². The molecule has 8 nitrogen and oxygen atoms in total. The van der Waals surface area contributed by atoms with Crippen molar-refractivity contribution in [3.8, 4) is 11.3 Å². The zero-order chi connectivity index (χ0) is 22.2. The first kappa shape index (κ1) is 21.4. The van der Waals surface area contributed by atoms with Gasteiger partial charge in [0.1, 0.15) is 5.69 Å². The first-order valence-electron chi connectivity index (χ1n) is 10.8. The Labute approximate surface area is 187 Å². The van der Waals surface area contributed by atoms with E-state index in [2.05, 4.69) is 55.4 Å². The molecule has 1 aromatic carbocycles. The fraction of sp³-hybridized carbons (Fsp3) is 0.500. The van der Waals surface area contributed by atoms with Crippen molar-refractivity contribution in [1.29, 1.82) is 0 Å². The lowest BCUT2D eigenvalue weighted by Gasteiger charge is -2.34. The Morgan fingerprint density at radius 3 is 2.52 bits per heavy atom. The van der Waals surface area contributed by atoms with E-state index in [1.165, 1.54) is 5.56 Å². The number of benzene rings is 1. The molecule has 0 atom stereocenters. The number of anilines is 2. The highest BCUT2D eigenvalue weighted by molar-refractivity contribution is 7.20. The summed E-state index contributed by atoms with van der Waals surface area (Å²) >= 11 is 1.59. The van der Waals surface area contributed by atoms with E-state index in [9.17, 15) is 4.79 Å². The van der Waals surface area contributed by atoms with Gasteiger partial charge in [-0.25, -0.2) is 9.78 Å². The van der Waals surface area contributed by atoms with Crippen molar-refractivity contribution in [2.45, 2.75) is 40.2 Å². The number of urea groups is 1. The van der Waals surface area contributed by atoms with E-state index in [0.717, 1.165) is 40.3 Å². The fourth-order valence-electron chi connectivity index (χ4n) is 3.72. The Bertz CT molecular complexity index is 1070. The zero-order valence-corrected chi connectivity index (χ0v) is 19.7. The second kappa shape index (κ2) is 8.37. The van der Waals surface area contributed by atoms with Crippen molar-refractivity contribution < 1.29 is 4.79 Å². The quantitative estimate of drug-likeness (QED) is 0.643. The van der Waals surface area contributed by atoms with Crippen molar-refractivity contribution in [1.82, 2.24) is 24.8 Å². The number of aryl methyl sites for hydroxylation is 1. The van der Waals surface area contributed by atoms with E-state index in [-0.39, 0.29) is 11.6 Å². The van der Waals surface area contributed by atoms with Crippen LogP contribution in [0.5, 0.6) is 0 Å². The van der Waals surface area contributed by atoms with E-state index in [4.69, 9.17) is 10.1 Å². The van der Waals surface area contributed by atoms with Gasteiger partial charge in [0.05, 0.1) is 0 Å². The first-order chi connectivity index (χ1) is 14.8. The number of carbonyl (C=O) groups is 1. The molecule has 2 amide bonds. The standard InChI is InChI=1S/C22H31N7OS/c1-6-23-19(30)27-11-13-28(14-12-27)21-26-29-18(25-22(3,4)5)17(24-20(29)31-21)16-10-8-7-9-15(16)2/h7-10,25H,6,11-14H2,1-5H3,(H,23,30). The highest BCUT2D eigenvalue weighted by Crippen LogP contribution is 2.36. The number of hydrogen-bond donors (Lipinski definition) is 2. The third-order valence-corrected chi connectivity index (χ3v) is 6.22. The number of piperazine rings is 1. The van der Waals surface area contributed by atoms with Gasteiger partial charge >= 0.3 is 6.03 Å². The van der Waals surface area contributed by atoms with Crippen molar-refractivity contribution in [2.24, 2.45) is 0 Å². The molecule has 2 N–H and O–H groups in total. The molecule has 3 aromatic rings. The lowest BCUT2D eigenvalue weighted by atomic mass is 10.0. The number of imidazole rings is 1. The predicted octanol–water partition coefficient (Wildman–Crippen LogP) is 3.83. The molecule has 1 aliphatic heterocycles. The number of fused-ring (bicyclic) bond motifs is 1. The molecular formula is C22H31N7OS. The molecule has 0 unspecified atom stereocenters. The number of amides is 2. The normalized spacial score (nSPS) is 14.9. The molecule has 0 bridgehead atoms. The Kier molecular flexibility index (Phi) is 5.79. The van der Waals surface area contributed by atoms with Gasteiger partial charge in [-0.15, -0.1) is 5.10 Å². The van der Waals surface area contributed by atoms with Crippen LogP contribution in [-0.4, -0.2) is 63.8 Å².